The Bertz CT molecular complexity index is 474. The lowest BCUT2D eigenvalue weighted by molar-refractivity contribution is -0.143. The normalized spacial score (nSPS) is 20.3. The zero-order valence-electron chi connectivity index (χ0n) is 10.4. The summed E-state index contributed by atoms with van der Waals surface area (Å²) < 4.78 is 0. The number of carboxylic acids is 2. The summed E-state index contributed by atoms with van der Waals surface area (Å²) in [5, 5.41) is 20.1. The highest BCUT2D eigenvalue weighted by Gasteiger charge is 2.25. The molecule has 1 aromatic heterocycles. The van der Waals surface area contributed by atoms with Crippen molar-refractivity contribution in [1.82, 2.24) is 9.88 Å². The smallest absolute Gasteiger partial charge is 0.355 e. The van der Waals surface area contributed by atoms with Crippen molar-refractivity contribution in [3.63, 3.8) is 0 Å². The zero-order valence-corrected chi connectivity index (χ0v) is 11.2. The molecule has 19 heavy (non-hydrogen) atoms. The van der Waals surface area contributed by atoms with Gasteiger partial charge in [0, 0.05) is 24.9 Å². The molecular weight excluding hydrogens is 268 g/mol. The van der Waals surface area contributed by atoms with E-state index in [0.717, 1.165) is 30.9 Å². The number of thiazole rings is 1. The first-order valence-corrected chi connectivity index (χ1v) is 7.07. The first-order valence-electron chi connectivity index (χ1n) is 6.19. The topological polar surface area (TPSA) is 90.7 Å². The molecule has 1 saturated heterocycles. The lowest BCUT2D eigenvalue weighted by Gasteiger charge is -2.30. The average Bonchev–Trinajstić information content (AvgIpc) is 2.85. The molecule has 1 aliphatic rings. The van der Waals surface area contributed by atoms with Crippen LogP contribution in [0.25, 0.3) is 0 Å². The van der Waals surface area contributed by atoms with Crippen molar-refractivity contribution in [1.29, 1.82) is 0 Å². The van der Waals surface area contributed by atoms with Crippen LogP contribution in [0, 0.1) is 5.92 Å². The van der Waals surface area contributed by atoms with E-state index in [1.54, 1.807) is 0 Å². The van der Waals surface area contributed by atoms with Crippen molar-refractivity contribution in [3.8, 4) is 0 Å². The monoisotopic (exact) mass is 284 g/mol. The predicted molar refractivity (Wildman–Crippen MR) is 69.6 cm³/mol. The number of carboxylic acid groups (broad SMARTS) is 2. The van der Waals surface area contributed by atoms with E-state index in [4.69, 9.17) is 10.2 Å². The molecule has 2 N–H and O–H groups in total. The van der Waals surface area contributed by atoms with Gasteiger partial charge in [-0.15, -0.1) is 11.3 Å². The molecule has 0 aromatic carbocycles. The number of nitrogens with zero attached hydrogens (tertiary/aromatic N) is 2. The molecule has 0 saturated carbocycles. The largest absolute Gasteiger partial charge is 0.481 e. The summed E-state index contributed by atoms with van der Waals surface area (Å²) in [5.41, 5.74) is 0.0852. The molecule has 0 aliphatic carbocycles. The van der Waals surface area contributed by atoms with Crippen LogP contribution >= 0.6 is 11.3 Å². The molecule has 1 unspecified atom stereocenters. The number of hydrogen-bond donors (Lipinski definition) is 2. The molecule has 2 rings (SSSR count). The maximum atomic E-state index is 11.0. The maximum absolute atomic E-state index is 11.0. The molecule has 0 radical (unpaired) electrons. The molecule has 104 valence electrons. The van der Waals surface area contributed by atoms with Crippen LogP contribution in [0.3, 0.4) is 0 Å². The third-order valence-corrected chi connectivity index (χ3v) is 4.18. The molecule has 0 bridgehead atoms. The number of aromatic nitrogens is 1. The minimum absolute atomic E-state index is 0.0852. The van der Waals surface area contributed by atoms with E-state index in [2.05, 4.69) is 9.88 Å². The molecule has 0 spiro atoms. The Labute approximate surface area is 114 Å². The molecule has 1 aromatic rings. The van der Waals surface area contributed by atoms with Gasteiger partial charge >= 0.3 is 11.9 Å². The number of carbonyl (C=O) groups is 2. The van der Waals surface area contributed by atoms with Gasteiger partial charge < -0.3 is 15.1 Å². The Hall–Kier alpha value is -1.47. The lowest BCUT2D eigenvalue weighted by Crippen LogP contribution is -2.39. The molecular formula is C12H16N2O4S. The fraction of sp³-hybridized carbons (Fsp3) is 0.583. The van der Waals surface area contributed by atoms with Gasteiger partial charge in [-0.1, -0.05) is 0 Å². The second-order valence-corrected chi connectivity index (χ2v) is 5.60. The number of rotatable bonds is 5. The second-order valence-electron chi connectivity index (χ2n) is 4.66. The van der Waals surface area contributed by atoms with Crippen LogP contribution in [0.4, 0.5) is 0 Å². The summed E-state index contributed by atoms with van der Waals surface area (Å²) in [6.45, 7) is 2.21. The number of hydrogen-bond acceptors (Lipinski definition) is 5. The SMILES string of the molecule is O=C(O)c1csc(CCN2CCCC(C(=O)O)C2)n1. The molecule has 0 amide bonds. The van der Waals surface area contributed by atoms with Crippen LogP contribution < -0.4 is 0 Å². The highest BCUT2D eigenvalue weighted by Crippen LogP contribution is 2.18. The van der Waals surface area contributed by atoms with Gasteiger partial charge in [0.1, 0.15) is 0 Å². The van der Waals surface area contributed by atoms with E-state index in [1.807, 2.05) is 0 Å². The van der Waals surface area contributed by atoms with Crippen LogP contribution in [-0.4, -0.2) is 51.7 Å². The van der Waals surface area contributed by atoms with E-state index in [1.165, 1.54) is 16.7 Å². The molecule has 6 nitrogen and oxygen atoms in total. The fourth-order valence-corrected chi connectivity index (χ4v) is 3.00. The van der Waals surface area contributed by atoms with Crippen LogP contribution in [-0.2, 0) is 11.2 Å². The van der Waals surface area contributed by atoms with Gasteiger partial charge in [0.2, 0.25) is 0 Å². The van der Waals surface area contributed by atoms with E-state index < -0.39 is 11.9 Å². The highest BCUT2D eigenvalue weighted by molar-refractivity contribution is 7.09. The Morgan fingerprint density at radius 3 is 2.89 bits per heavy atom. The third-order valence-electron chi connectivity index (χ3n) is 3.27. The Kier molecular flexibility index (Phi) is 4.49. The number of aliphatic carboxylic acids is 1. The second kappa shape index (κ2) is 6.12. The van der Waals surface area contributed by atoms with Gasteiger partial charge in [0.15, 0.2) is 5.69 Å². The molecule has 7 heteroatoms. The van der Waals surface area contributed by atoms with Gasteiger partial charge in [-0.3, -0.25) is 4.79 Å². The van der Waals surface area contributed by atoms with Crippen molar-refractivity contribution >= 4 is 23.3 Å². The first-order chi connectivity index (χ1) is 9.06. The van der Waals surface area contributed by atoms with Crippen molar-refractivity contribution in [2.24, 2.45) is 5.92 Å². The van der Waals surface area contributed by atoms with Crippen molar-refractivity contribution in [2.45, 2.75) is 19.3 Å². The molecule has 1 atom stereocenters. The van der Waals surface area contributed by atoms with Crippen LogP contribution in [0.15, 0.2) is 5.38 Å². The Balaban J connectivity index is 1.84. The van der Waals surface area contributed by atoms with Crippen molar-refractivity contribution in [3.05, 3.63) is 16.1 Å². The van der Waals surface area contributed by atoms with Crippen LogP contribution in [0.1, 0.15) is 28.3 Å². The van der Waals surface area contributed by atoms with E-state index >= 15 is 0 Å². The van der Waals surface area contributed by atoms with Crippen LogP contribution in [0.5, 0.6) is 0 Å². The third kappa shape index (κ3) is 3.74. The van der Waals surface area contributed by atoms with Crippen molar-refractivity contribution < 1.29 is 19.8 Å². The van der Waals surface area contributed by atoms with Crippen molar-refractivity contribution in [2.75, 3.05) is 19.6 Å². The zero-order chi connectivity index (χ0) is 13.8. The fourth-order valence-electron chi connectivity index (χ4n) is 2.24. The average molecular weight is 284 g/mol. The lowest BCUT2D eigenvalue weighted by atomic mass is 9.98. The Morgan fingerprint density at radius 2 is 2.26 bits per heavy atom. The maximum Gasteiger partial charge on any atom is 0.355 e. The summed E-state index contributed by atoms with van der Waals surface area (Å²) >= 11 is 1.34. The van der Waals surface area contributed by atoms with E-state index in [9.17, 15) is 9.59 Å². The summed E-state index contributed by atoms with van der Waals surface area (Å²) in [5.74, 6) is -2.02. The number of likely N-dealkylation sites (tertiary alicyclic amines) is 1. The molecule has 1 aliphatic heterocycles. The quantitative estimate of drug-likeness (QED) is 0.843. The molecule has 2 heterocycles. The summed E-state index contributed by atoms with van der Waals surface area (Å²) in [6.07, 6.45) is 2.31. The van der Waals surface area contributed by atoms with E-state index in [-0.39, 0.29) is 11.6 Å². The number of piperidine rings is 1. The van der Waals surface area contributed by atoms with E-state index in [0.29, 0.717) is 13.0 Å². The number of aromatic carboxylic acids is 1. The van der Waals surface area contributed by atoms with Crippen LogP contribution in [0.2, 0.25) is 0 Å². The first kappa shape index (κ1) is 14.0. The van der Waals surface area contributed by atoms with Gasteiger partial charge in [-0.05, 0) is 19.4 Å². The predicted octanol–water partition coefficient (Wildman–Crippen LogP) is 1.18. The summed E-state index contributed by atoms with van der Waals surface area (Å²) in [7, 11) is 0. The van der Waals surface area contributed by atoms with Gasteiger partial charge in [0.05, 0.1) is 10.9 Å². The standard InChI is InChI=1S/C12H16N2O4S/c15-11(16)8-2-1-4-14(6-8)5-3-10-13-9(7-19-10)12(17)18/h7-8H,1-6H2,(H,15,16)(H,17,18). The van der Waals surface area contributed by atoms with Gasteiger partial charge in [0.25, 0.3) is 0 Å². The summed E-state index contributed by atoms with van der Waals surface area (Å²) in [4.78, 5) is 27.8. The highest BCUT2D eigenvalue weighted by atomic mass is 32.1. The van der Waals surface area contributed by atoms with Gasteiger partial charge in [-0.25, -0.2) is 9.78 Å². The minimum Gasteiger partial charge on any atom is -0.481 e. The Morgan fingerprint density at radius 1 is 1.47 bits per heavy atom. The summed E-state index contributed by atoms with van der Waals surface area (Å²) in [6, 6.07) is 0. The van der Waals surface area contributed by atoms with Gasteiger partial charge in [-0.2, -0.15) is 0 Å². The molecule has 1 fully saturated rings. The minimum atomic E-state index is -1.01.